The Kier molecular flexibility index (Phi) is 7.09. The fourth-order valence-corrected chi connectivity index (χ4v) is 5.27. The molecule has 1 saturated carbocycles. The van der Waals surface area contributed by atoms with Gasteiger partial charge in [0.05, 0.1) is 24.2 Å². The van der Waals surface area contributed by atoms with Crippen LogP contribution in [0.3, 0.4) is 0 Å². The zero-order valence-corrected chi connectivity index (χ0v) is 17.5. The van der Waals surface area contributed by atoms with Gasteiger partial charge in [-0.2, -0.15) is 4.31 Å². The summed E-state index contributed by atoms with van der Waals surface area (Å²) in [6.45, 7) is 5.66. The van der Waals surface area contributed by atoms with Gasteiger partial charge in [-0.25, -0.2) is 8.42 Å². The quantitative estimate of drug-likeness (QED) is 0.752. The maximum atomic E-state index is 12.7. The molecular formula is C20H31N3O4S. The van der Waals surface area contributed by atoms with Gasteiger partial charge in [0.2, 0.25) is 15.9 Å². The highest BCUT2D eigenvalue weighted by Gasteiger charge is 2.27. The van der Waals surface area contributed by atoms with Crippen LogP contribution in [0.5, 0.6) is 0 Å². The van der Waals surface area contributed by atoms with Crippen LogP contribution < -0.4 is 10.6 Å². The largest absolute Gasteiger partial charge is 0.379 e. The summed E-state index contributed by atoms with van der Waals surface area (Å²) in [6, 6.07) is 6.43. The van der Waals surface area contributed by atoms with Crippen LogP contribution in [0, 0.1) is 5.92 Å². The van der Waals surface area contributed by atoms with Crippen molar-refractivity contribution in [3.8, 4) is 0 Å². The standard InChI is InChI=1S/C20H31N3O4S/c1-15-5-3-4-6-19(15)21-16(2)20(24)22-17-7-9-18(10-8-17)28(25,26)23-11-13-27-14-12-23/h7-10,15-16,19,21H,3-6,11-14H2,1-2H3,(H,22,24)/t15-,16+,19-/m1/s1. The topological polar surface area (TPSA) is 87.7 Å². The zero-order valence-electron chi connectivity index (χ0n) is 16.7. The van der Waals surface area contributed by atoms with Crippen molar-refractivity contribution in [1.82, 2.24) is 9.62 Å². The normalized spacial score (nSPS) is 25.2. The van der Waals surface area contributed by atoms with Crippen LogP contribution in [0.25, 0.3) is 0 Å². The second-order valence-electron chi connectivity index (χ2n) is 7.79. The lowest BCUT2D eigenvalue weighted by atomic mass is 9.85. The minimum absolute atomic E-state index is 0.110. The number of ether oxygens (including phenoxy) is 1. The van der Waals surface area contributed by atoms with E-state index in [1.165, 1.54) is 23.6 Å². The number of rotatable bonds is 6. The maximum Gasteiger partial charge on any atom is 0.243 e. The Morgan fingerprint density at radius 2 is 1.79 bits per heavy atom. The van der Waals surface area contributed by atoms with Gasteiger partial charge < -0.3 is 15.4 Å². The van der Waals surface area contributed by atoms with Gasteiger partial charge in [0.15, 0.2) is 0 Å². The fourth-order valence-electron chi connectivity index (χ4n) is 3.86. The van der Waals surface area contributed by atoms with Crippen LogP contribution in [-0.4, -0.2) is 57.0 Å². The van der Waals surface area contributed by atoms with E-state index in [1.54, 1.807) is 24.3 Å². The van der Waals surface area contributed by atoms with Gasteiger partial charge in [-0.1, -0.05) is 19.8 Å². The molecule has 0 spiro atoms. The minimum Gasteiger partial charge on any atom is -0.379 e. The Balaban J connectivity index is 1.58. The van der Waals surface area contributed by atoms with E-state index in [1.807, 2.05) is 6.92 Å². The van der Waals surface area contributed by atoms with Crippen LogP contribution in [0.15, 0.2) is 29.2 Å². The van der Waals surface area contributed by atoms with Crippen molar-refractivity contribution in [3.05, 3.63) is 24.3 Å². The third kappa shape index (κ3) is 5.11. The van der Waals surface area contributed by atoms with E-state index < -0.39 is 10.0 Å². The molecule has 3 rings (SSSR count). The lowest BCUT2D eigenvalue weighted by Gasteiger charge is -2.31. The van der Waals surface area contributed by atoms with Crippen LogP contribution in [0.1, 0.15) is 39.5 Å². The summed E-state index contributed by atoms with van der Waals surface area (Å²) in [4.78, 5) is 12.7. The molecule has 156 valence electrons. The molecule has 1 aliphatic heterocycles. The summed E-state index contributed by atoms with van der Waals surface area (Å²) >= 11 is 0. The van der Waals surface area contributed by atoms with E-state index in [-0.39, 0.29) is 16.8 Å². The van der Waals surface area contributed by atoms with E-state index in [0.29, 0.717) is 44.0 Å². The summed E-state index contributed by atoms with van der Waals surface area (Å²) in [5.74, 6) is 0.468. The van der Waals surface area contributed by atoms with Gasteiger partial charge in [-0.3, -0.25) is 4.79 Å². The highest BCUT2D eigenvalue weighted by atomic mass is 32.2. The van der Waals surface area contributed by atoms with Crippen LogP contribution in [0.4, 0.5) is 5.69 Å². The first-order valence-electron chi connectivity index (χ1n) is 10.1. The van der Waals surface area contributed by atoms with E-state index in [0.717, 1.165) is 6.42 Å². The molecule has 3 atom stereocenters. The monoisotopic (exact) mass is 409 g/mol. The van der Waals surface area contributed by atoms with E-state index in [9.17, 15) is 13.2 Å². The lowest BCUT2D eigenvalue weighted by molar-refractivity contribution is -0.118. The van der Waals surface area contributed by atoms with Crippen molar-refractivity contribution in [2.75, 3.05) is 31.6 Å². The van der Waals surface area contributed by atoms with Gasteiger partial charge in [-0.05, 0) is 49.9 Å². The molecule has 1 heterocycles. The van der Waals surface area contributed by atoms with Gasteiger partial charge in [0, 0.05) is 24.8 Å². The average Bonchev–Trinajstić information content (AvgIpc) is 2.70. The predicted molar refractivity (Wildman–Crippen MR) is 109 cm³/mol. The summed E-state index contributed by atoms with van der Waals surface area (Å²) in [5, 5.41) is 6.32. The lowest BCUT2D eigenvalue weighted by Crippen LogP contribution is -2.47. The molecule has 7 nitrogen and oxygen atoms in total. The number of hydrogen-bond donors (Lipinski definition) is 2. The molecule has 28 heavy (non-hydrogen) atoms. The first-order valence-corrected chi connectivity index (χ1v) is 11.6. The summed E-state index contributed by atoms with van der Waals surface area (Å²) in [5.41, 5.74) is 0.594. The minimum atomic E-state index is -3.52. The summed E-state index contributed by atoms with van der Waals surface area (Å²) in [6.07, 6.45) is 4.77. The van der Waals surface area contributed by atoms with Crippen molar-refractivity contribution in [2.45, 2.75) is 56.5 Å². The van der Waals surface area contributed by atoms with Gasteiger partial charge in [0.1, 0.15) is 0 Å². The van der Waals surface area contributed by atoms with Crippen molar-refractivity contribution in [2.24, 2.45) is 5.92 Å². The molecule has 0 bridgehead atoms. The molecule has 1 aliphatic carbocycles. The first kappa shape index (κ1) is 21.2. The summed E-state index contributed by atoms with van der Waals surface area (Å²) in [7, 11) is -3.52. The van der Waals surface area contributed by atoms with Crippen molar-refractivity contribution < 1.29 is 17.9 Å². The number of anilines is 1. The Morgan fingerprint density at radius 1 is 1.14 bits per heavy atom. The van der Waals surface area contributed by atoms with Gasteiger partial charge in [0.25, 0.3) is 0 Å². The predicted octanol–water partition coefficient (Wildman–Crippen LogP) is 2.20. The van der Waals surface area contributed by atoms with Gasteiger partial charge in [-0.15, -0.1) is 0 Å². The molecule has 1 aromatic carbocycles. The Hall–Kier alpha value is -1.48. The maximum absolute atomic E-state index is 12.7. The van der Waals surface area contributed by atoms with Crippen LogP contribution >= 0.6 is 0 Å². The third-order valence-corrected chi connectivity index (χ3v) is 7.61. The first-order chi connectivity index (χ1) is 13.4. The second-order valence-corrected chi connectivity index (χ2v) is 9.72. The number of amides is 1. The number of hydrogen-bond acceptors (Lipinski definition) is 5. The van der Waals surface area contributed by atoms with Crippen molar-refractivity contribution in [3.63, 3.8) is 0 Å². The molecule has 8 heteroatoms. The number of carbonyl (C=O) groups is 1. The average molecular weight is 410 g/mol. The zero-order chi connectivity index (χ0) is 20.1. The molecule has 2 fully saturated rings. The van der Waals surface area contributed by atoms with Crippen LogP contribution in [0.2, 0.25) is 0 Å². The molecule has 0 radical (unpaired) electrons. The van der Waals surface area contributed by atoms with Crippen LogP contribution in [-0.2, 0) is 19.6 Å². The number of sulfonamides is 1. The third-order valence-electron chi connectivity index (χ3n) is 5.70. The van der Waals surface area contributed by atoms with E-state index in [4.69, 9.17) is 4.74 Å². The van der Waals surface area contributed by atoms with Crippen molar-refractivity contribution in [1.29, 1.82) is 0 Å². The number of benzene rings is 1. The van der Waals surface area contributed by atoms with Gasteiger partial charge >= 0.3 is 0 Å². The molecular weight excluding hydrogens is 378 g/mol. The molecule has 1 aromatic rings. The Morgan fingerprint density at radius 3 is 2.43 bits per heavy atom. The number of nitrogens with zero attached hydrogens (tertiary/aromatic N) is 1. The Bertz CT molecular complexity index is 760. The van der Waals surface area contributed by atoms with E-state index >= 15 is 0 Å². The SMILES string of the molecule is C[C@H](N[C@@H]1CCCC[C@H]1C)C(=O)Nc1ccc(S(=O)(=O)N2CCOCC2)cc1. The smallest absolute Gasteiger partial charge is 0.243 e. The molecule has 1 amide bonds. The molecule has 0 unspecified atom stereocenters. The molecule has 0 aromatic heterocycles. The molecule has 1 saturated heterocycles. The highest BCUT2D eigenvalue weighted by molar-refractivity contribution is 7.89. The number of morpholine rings is 1. The van der Waals surface area contributed by atoms with Crippen molar-refractivity contribution >= 4 is 21.6 Å². The second kappa shape index (κ2) is 9.35. The molecule has 2 aliphatic rings. The highest BCUT2D eigenvalue weighted by Crippen LogP contribution is 2.24. The summed E-state index contributed by atoms with van der Waals surface area (Å²) < 4.78 is 32.0. The number of carbonyl (C=O) groups excluding carboxylic acids is 1. The number of nitrogens with one attached hydrogen (secondary N) is 2. The fraction of sp³-hybridized carbons (Fsp3) is 0.650. The van der Waals surface area contributed by atoms with E-state index in [2.05, 4.69) is 17.6 Å². The Labute approximate surface area is 167 Å². The molecule has 2 N–H and O–H groups in total.